The molecule has 8 aromatic carbocycles. The molecule has 0 amide bonds. The van der Waals surface area contributed by atoms with Crippen molar-refractivity contribution in [3.05, 3.63) is 200 Å². The van der Waals surface area contributed by atoms with E-state index in [1.807, 2.05) is 12.1 Å². The summed E-state index contributed by atoms with van der Waals surface area (Å²) in [6.45, 7) is 0. The van der Waals surface area contributed by atoms with Crippen molar-refractivity contribution in [2.75, 3.05) is 0 Å². The van der Waals surface area contributed by atoms with Gasteiger partial charge in [-0.1, -0.05) is 152 Å². The molecular weight excluding hydrogens is 707 g/mol. The van der Waals surface area contributed by atoms with E-state index in [1.54, 1.807) is 0 Å². The highest BCUT2D eigenvalue weighted by Crippen LogP contribution is 2.40. The van der Waals surface area contributed by atoms with E-state index in [0.29, 0.717) is 17.6 Å². The Morgan fingerprint density at radius 1 is 0.276 bits per heavy atom. The highest BCUT2D eigenvalue weighted by atomic mass is 15.2. The molecule has 0 aliphatic rings. The number of pyridine rings is 1. The van der Waals surface area contributed by atoms with Crippen LogP contribution in [0, 0.1) is 0 Å². The first-order valence-electron chi connectivity index (χ1n) is 19.6. The molecule has 0 N–H and O–H groups in total. The Bertz CT molecular complexity index is 3460. The van der Waals surface area contributed by atoms with Crippen molar-refractivity contribution in [2.24, 2.45) is 0 Å². The van der Waals surface area contributed by atoms with E-state index in [1.165, 1.54) is 38.1 Å². The molecule has 0 saturated heterocycles. The minimum Gasteiger partial charge on any atom is -0.309 e. The normalized spacial score (nSPS) is 11.8. The number of rotatable bonds is 5. The van der Waals surface area contributed by atoms with Gasteiger partial charge in [0.1, 0.15) is 0 Å². The summed E-state index contributed by atoms with van der Waals surface area (Å²) in [7, 11) is 0. The minimum atomic E-state index is 0.568. The van der Waals surface area contributed by atoms with E-state index in [-0.39, 0.29) is 0 Å². The number of aromatic nitrogens is 5. The van der Waals surface area contributed by atoms with Crippen LogP contribution in [0.25, 0.3) is 111 Å². The SMILES string of the molecule is c1ccc(-c2cccc(-c3nc(-c4cccc(-c5ccccc5)c4)nc(-n4c5ccccc5c5cc6c7ccccc7n7c8ccccc8cc7c6cc54)n3)c2)cc1. The number of nitrogens with zero attached hydrogens (tertiary/aromatic N) is 5. The Morgan fingerprint density at radius 2 is 0.776 bits per heavy atom. The van der Waals surface area contributed by atoms with Crippen LogP contribution in [0.2, 0.25) is 0 Å². The second-order valence-electron chi connectivity index (χ2n) is 14.9. The first-order chi connectivity index (χ1) is 28.7. The van der Waals surface area contributed by atoms with Gasteiger partial charge in [0.2, 0.25) is 5.95 Å². The maximum atomic E-state index is 5.35. The summed E-state index contributed by atoms with van der Waals surface area (Å²) in [6.07, 6.45) is 0. The van der Waals surface area contributed by atoms with Crippen molar-refractivity contribution in [3.63, 3.8) is 0 Å². The molecule has 0 unspecified atom stereocenters. The lowest BCUT2D eigenvalue weighted by atomic mass is 10.0. The second kappa shape index (κ2) is 12.8. The lowest BCUT2D eigenvalue weighted by Gasteiger charge is -2.13. The molecular formula is C53H33N5. The van der Waals surface area contributed by atoms with Gasteiger partial charge in [-0.2, -0.15) is 9.97 Å². The lowest BCUT2D eigenvalue weighted by molar-refractivity contribution is 0.954. The van der Waals surface area contributed by atoms with Crippen LogP contribution in [0.15, 0.2) is 200 Å². The zero-order chi connectivity index (χ0) is 38.2. The average molecular weight is 740 g/mol. The average Bonchev–Trinajstić information content (AvgIpc) is 3.85. The third-order valence-electron chi connectivity index (χ3n) is 11.5. The maximum absolute atomic E-state index is 5.35. The maximum Gasteiger partial charge on any atom is 0.238 e. The van der Waals surface area contributed by atoms with Gasteiger partial charge in [0.25, 0.3) is 0 Å². The largest absolute Gasteiger partial charge is 0.309 e. The van der Waals surface area contributed by atoms with Crippen molar-refractivity contribution in [1.82, 2.24) is 23.9 Å². The van der Waals surface area contributed by atoms with Gasteiger partial charge in [-0.15, -0.1) is 0 Å². The molecule has 0 atom stereocenters. The van der Waals surface area contributed by atoms with Crippen LogP contribution in [-0.2, 0) is 0 Å². The smallest absolute Gasteiger partial charge is 0.238 e. The van der Waals surface area contributed by atoms with Gasteiger partial charge in [0.15, 0.2) is 11.6 Å². The third-order valence-corrected chi connectivity index (χ3v) is 11.5. The number of hydrogen-bond donors (Lipinski definition) is 0. The van der Waals surface area contributed by atoms with Crippen molar-refractivity contribution in [3.8, 4) is 51.0 Å². The molecule has 58 heavy (non-hydrogen) atoms. The zero-order valence-corrected chi connectivity index (χ0v) is 31.3. The van der Waals surface area contributed by atoms with Crippen molar-refractivity contribution in [2.45, 2.75) is 0 Å². The summed E-state index contributed by atoms with van der Waals surface area (Å²) in [4.78, 5) is 15.9. The Hall–Kier alpha value is -7.89. The number of fused-ring (bicyclic) bond motifs is 11. The molecule has 0 saturated carbocycles. The number of hydrogen-bond acceptors (Lipinski definition) is 3. The molecule has 0 aliphatic carbocycles. The fourth-order valence-corrected chi connectivity index (χ4v) is 8.83. The zero-order valence-electron chi connectivity index (χ0n) is 31.3. The van der Waals surface area contributed by atoms with Gasteiger partial charge in [0.05, 0.1) is 27.6 Å². The molecule has 4 aromatic heterocycles. The van der Waals surface area contributed by atoms with Crippen LogP contribution in [0.3, 0.4) is 0 Å². The number of benzene rings is 8. The van der Waals surface area contributed by atoms with Crippen molar-refractivity contribution < 1.29 is 0 Å². The predicted octanol–water partition coefficient (Wildman–Crippen LogP) is 13.3. The minimum absolute atomic E-state index is 0.568. The fraction of sp³-hybridized carbons (Fsp3) is 0. The summed E-state index contributed by atoms with van der Waals surface area (Å²) in [5.41, 5.74) is 12.0. The van der Waals surface area contributed by atoms with Crippen LogP contribution in [-0.4, -0.2) is 23.9 Å². The van der Waals surface area contributed by atoms with E-state index < -0.39 is 0 Å². The van der Waals surface area contributed by atoms with E-state index in [2.05, 4.69) is 197 Å². The van der Waals surface area contributed by atoms with Crippen LogP contribution >= 0.6 is 0 Å². The summed E-state index contributed by atoms with van der Waals surface area (Å²) in [6, 6.07) is 70.9. The molecule has 4 heterocycles. The first kappa shape index (κ1) is 32.4. The van der Waals surface area contributed by atoms with Gasteiger partial charge < -0.3 is 4.40 Å². The topological polar surface area (TPSA) is 48.0 Å². The summed E-state index contributed by atoms with van der Waals surface area (Å²) >= 11 is 0. The molecule has 12 aromatic rings. The third kappa shape index (κ3) is 5.07. The summed E-state index contributed by atoms with van der Waals surface area (Å²) in [5, 5.41) is 7.11. The van der Waals surface area contributed by atoms with Crippen LogP contribution in [0.5, 0.6) is 0 Å². The molecule has 0 bridgehead atoms. The van der Waals surface area contributed by atoms with Gasteiger partial charge in [0, 0.05) is 38.1 Å². The second-order valence-corrected chi connectivity index (χ2v) is 14.9. The van der Waals surface area contributed by atoms with Gasteiger partial charge in [-0.25, -0.2) is 4.98 Å². The quantitative estimate of drug-likeness (QED) is 0.165. The van der Waals surface area contributed by atoms with Crippen molar-refractivity contribution >= 4 is 59.9 Å². The van der Waals surface area contributed by atoms with Gasteiger partial charge in [-0.3, -0.25) is 4.57 Å². The van der Waals surface area contributed by atoms with Gasteiger partial charge in [-0.05, 0) is 76.2 Å². The standard InChI is InChI=1S/C53H33N5/c1-3-15-34(16-4-1)36-20-13-22-39(29-36)51-54-52(40-23-14-21-37(30-40)35-17-5-2-6-18-35)56-53(55-51)58-48-28-12-9-25-42(48)44-32-43-41-24-8-11-27-47(41)57-46-26-10-7-19-38(46)31-49(57)45(43)33-50(44)58/h1-33H. The Morgan fingerprint density at radius 3 is 1.43 bits per heavy atom. The lowest BCUT2D eigenvalue weighted by Crippen LogP contribution is -2.06. The van der Waals surface area contributed by atoms with Crippen molar-refractivity contribution in [1.29, 1.82) is 0 Å². The summed E-state index contributed by atoms with van der Waals surface area (Å²) < 4.78 is 4.64. The molecule has 5 nitrogen and oxygen atoms in total. The Balaban J connectivity index is 1.16. The van der Waals surface area contributed by atoms with Crippen LogP contribution in [0.1, 0.15) is 0 Å². The monoisotopic (exact) mass is 739 g/mol. The molecule has 5 heteroatoms. The van der Waals surface area contributed by atoms with Crippen LogP contribution in [0.4, 0.5) is 0 Å². The van der Waals surface area contributed by atoms with Gasteiger partial charge >= 0.3 is 0 Å². The molecule has 270 valence electrons. The number of para-hydroxylation sites is 3. The highest BCUT2D eigenvalue weighted by Gasteiger charge is 2.21. The van der Waals surface area contributed by atoms with E-state index >= 15 is 0 Å². The molecule has 0 fully saturated rings. The first-order valence-corrected chi connectivity index (χ1v) is 19.6. The van der Waals surface area contributed by atoms with E-state index in [9.17, 15) is 0 Å². The molecule has 0 radical (unpaired) electrons. The molecule has 0 spiro atoms. The van der Waals surface area contributed by atoms with E-state index in [0.717, 1.165) is 55.2 Å². The molecule has 12 rings (SSSR count). The van der Waals surface area contributed by atoms with E-state index in [4.69, 9.17) is 15.0 Å². The Kier molecular flexibility index (Phi) is 7.16. The summed E-state index contributed by atoms with van der Waals surface area (Å²) in [5.74, 6) is 1.79. The highest BCUT2D eigenvalue weighted by molar-refractivity contribution is 6.22. The fourth-order valence-electron chi connectivity index (χ4n) is 8.83. The Labute approximate surface area is 333 Å². The van der Waals surface area contributed by atoms with Crippen LogP contribution < -0.4 is 0 Å². The molecule has 0 aliphatic heterocycles. The predicted molar refractivity (Wildman–Crippen MR) is 239 cm³/mol.